The normalized spacial score (nSPS) is 13.7. The molecule has 2 amide bonds. The number of para-hydroxylation sites is 2. The molecule has 2 heterocycles. The van der Waals surface area contributed by atoms with Crippen LogP contribution in [-0.4, -0.2) is 23.3 Å². The third-order valence-corrected chi connectivity index (χ3v) is 6.26. The minimum absolute atomic E-state index is 0.0630. The summed E-state index contributed by atoms with van der Waals surface area (Å²) >= 11 is 1.63. The Hall–Kier alpha value is -3.51. The standard InChI is InChI=1S/C24H19N3O2S/c28-22-13-6-14-27(22)20-11-3-1-9-18(20)23(29)25-17-8-5-7-16(15-17)24-26-19-10-2-4-12-21(19)30-24/h1-5,7-12,15H,6,13-14H2,(H,25,29). The molecule has 3 aromatic carbocycles. The Morgan fingerprint density at radius 3 is 2.67 bits per heavy atom. The van der Waals surface area contributed by atoms with Crippen LogP contribution in [0.5, 0.6) is 0 Å². The Labute approximate surface area is 178 Å². The second kappa shape index (κ2) is 7.72. The van der Waals surface area contributed by atoms with Crippen molar-refractivity contribution >= 4 is 44.7 Å². The SMILES string of the molecule is O=C(Nc1cccc(-c2nc3ccccc3s2)c1)c1ccccc1N1CCCC1=O. The molecule has 0 aliphatic carbocycles. The van der Waals surface area contributed by atoms with Crippen molar-refractivity contribution in [2.75, 3.05) is 16.8 Å². The number of nitrogens with one attached hydrogen (secondary N) is 1. The van der Waals surface area contributed by atoms with Gasteiger partial charge in [0.1, 0.15) is 5.01 Å². The number of carbonyl (C=O) groups is 2. The maximum atomic E-state index is 13.0. The van der Waals surface area contributed by atoms with E-state index >= 15 is 0 Å². The van der Waals surface area contributed by atoms with Crippen molar-refractivity contribution in [3.63, 3.8) is 0 Å². The summed E-state index contributed by atoms with van der Waals surface area (Å²) in [5.74, 6) is -0.167. The molecule has 0 radical (unpaired) electrons. The summed E-state index contributed by atoms with van der Waals surface area (Å²) in [5.41, 5.74) is 3.78. The second-order valence-corrected chi connectivity index (χ2v) is 8.22. The summed E-state index contributed by atoms with van der Waals surface area (Å²) in [6, 6.07) is 23.0. The van der Waals surface area contributed by atoms with Crippen LogP contribution in [0.3, 0.4) is 0 Å². The molecule has 1 fully saturated rings. The van der Waals surface area contributed by atoms with Gasteiger partial charge in [0.25, 0.3) is 5.91 Å². The zero-order valence-electron chi connectivity index (χ0n) is 16.2. The largest absolute Gasteiger partial charge is 0.322 e. The van der Waals surface area contributed by atoms with Crippen molar-refractivity contribution < 1.29 is 9.59 Å². The number of anilines is 2. The molecule has 5 rings (SSSR count). The van der Waals surface area contributed by atoms with Crippen molar-refractivity contribution in [2.24, 2.45) is 0 Å². The highest BCUT2D eigenvalue weighted by atomic mass is 32.1. The molecule has 0 atom stereocenters. The van der Waals surface area contributed by atoms with Crippen LogP contribution in [-0.2, 0) is 4.79 Å². The van der Waals surface area contributed by atoms with Crippen LogP contribution in [0.15, 0.2) is 72.8 Å². The molecule has 4 aromatic rings. The van der Waals surface area contributed by atoms with Gasteiger partial charge in [-0.2, -0.15) is 0 Å². The number of rotatable bonds is 4. The van der Waals surface area contributed by atoms with Crippen LogP contribution in [0.2, 0.25) is 0 Å². The van der Waals surface area contributed by atoms with Gasteiger partial charge in [-0.05, 0) is 42.8 Å². The summed E-state index contributed by atoms with van der Waals surface area (Å²) < 4.78 is 1.13. The average molecular weight is 414 g/mol. The molecular weight excluding hydrogens is 394 g/mol. The molecule has 0 spiro atoms. The fourth-order valence-electron chi connectivity index (χ4n) is 3.73. The fourth-order valence-corrected chi connectivity index (χ4v) is 4.69. The summed E-state index contributed by atoms with van der Waals surface area (Å²) in [6.45, 7) is 0.649. The van der Waals surface area contributed by atoms with E-state index in [4.69, 9.17) is 4.98 Å². The Bertz CT molecular complexity index is 1230. The van der Waals surface area contributed by atoms with Crippen molar-refractivity contribution in [1.82, 2.24) is 4.98 Å². The topological polar surface area (TPSA) is 62.3 Å². The first-order chi connectivity index (χ1) is 14.7. The molecule has 1 aliphatic heterocycles. The number of thiazole rings is 1. The molecule has 0 bridgehead atoms. The third kappa shape index (κ3) is 3.46. The number of nitrogens with zero attached hydrogens (tertiary/aromatic N) is 2. The van der Waals surface area contributed by atoms with Crippen LogP contribution >= 0.6 is 11.3 Å². The maximum Gasteiger partial charge on any atom is 0.257 e. The first kappa shape index (κ1) is 18.5. The molecule has 148 valence electrons. The minimum atomic E-state index is -0.230. The molecule has 6 heteroatoms. The predicted molar refractivity (Wildman–Crippen MR) is 121 cm³/mol. The van der Waals surface area contributed by atoms with Crippen molar-refractivity contribution in [1.29, 1.82) is 0 Å². The zero-order chi connectivity index (χ0) is 20.5. The second-order valence-electron chi connectivity index (χ2n) is 7.19. The molecule has 30 heavy (non-hydrogen) atoms. The van der Waals surface area contributed by atoms with E-state index in [0.29, 0.717) is 29.9 Å². The molecule has 5 nitrogen and oxygen atoms in total. The Balaban J connectivity index is 1.42. The van der Waals surface area contributed by atoms with E-state index in [1.54, 1.807) is 22.3 Å². The number of amides is 2. The number of carbonyl (C=O) groups excluding carboxylic acids is 2. The maximum absolute atomic E-state index is 13.0. The summed E-state index contributed by atoms with van der Waals surface area (Å²) in [7, 11) is 0. The number of aromatic nitrogens is 1. The summed E-state index contributed by atoms with van der Waals surface area (Å²) in [4.78, 5) is 31.6. The first-order valence-corrected chi connectivity index (χ1v) is 10.7. The summed E-state index contributed by atoms with van der Waals surface area (Å²) in [6.07, 6.45) is 1.35. The van der Waals surface area contributed by atoms with E-state index in [1.807, 2.05) is 60.7 Å². The molecule has 1 saturated heterocycles. The molecule has 0 saturated carbocycles. The third-order valence-electron chi connectivity index (χ3n) is 5.17. The van der Waals surface area contributed by atoms with Gasteiger partial charge in [0.05, 0.1) is 21.5 Å². The van der Waals surface area contributed by atoms with Crippen molar-refractivity contribution in [3.05, 3.63) is 78.4 Å². The highest BCUT2D eigenvalue weighted by Crippen LogP contribution is 2.32. The lowest BCUT2D eigenvalue weighted by atomic mass is 10.1. The number of benzene rings is 3. The van der Waals surface area contributed by atoms with E-state index in [0.717, 1.165) is 27.2 Å². The Kier molecular flexibility index (Phi) is 4.77. The van der Waals surface area contributed by atoms with Gasteiger partial charge in [-0.15, -0.1) is 11.3 Å². The fraction of sp³-hybridized carbons (Fsp3) is 0.125. The van der Waals surface area contributed by atoms with E-state index in [1.165, 1.54) is 0 Å². The number of fused-ring (bicyclic) bond motifs is 1. The van der Waals surface area contributed by atoms with Crippen molar-refractivity contribution in [2.45, 2.75) is 12.8 Å². The van der Waals surface area contributed by atoms with E-state index in [2.05, 4.69) is 11.4 Å². The predicted octanol–water partition coefficient (Wildman–Crippen LogP) is 5.34. The molecule has 0 unspecified atom stereocenters. The van der Waals surface area contributed by atoms with Gasteiger partial charge >= 0.3 is 0 Å². The van der Waals surface area contributed by atoms with Gasteiger partial charge < -0.3 is 10.2 Å². The smallest absolute Gasteiger partial charge is 0.257 e. The Morgan fingerprint density at radius 2 is 1.83 bits per heavy atom. The van der Waals surface area contributed by atoms with Crippen LogP contribution in [0.1, 0.15) is 23.2 Å². The quantitative estimate of drug-likeness (QED) is 0.491. The van der Waals surface area contributed by atoms with E-state index in [9.17, 15) is 9.59 Å². The highest BCUT2D eigenvalue weighted by molar-refractivity contribution is 7.21. The van der Waals surface area contributed by atoms with Gasteiger partial charge in [-0.25, -0.2) is 4.98 Å². The molecular formula is C24H19N3O2S. The summed E-state index contributed by atoms with van der Waals surface area (Å²) in [5, 5.41) is 3.89. The van der Waals surface area contributed by atoms with Gasteiger partial charge in [-0.3, -0.25) is 9.59 Å². The van der Waals surface area contributed by atoms with Crippen LogP contribution in [0, 0.1) is 0 Å². The van der Waals surface area contributed by atoms with Gasteiger partial charge in [0, 0.05) is 24.2 Å². The van der Waals surface area contributed by atoms with Crippen LogP contribution in [0.25, 0.3) is 20.8 Å². The molecule has 1 N–H and O–H groups in total. The van der Waals surface area contributed by atoms with Crippen LogP contribution < -0.4 is 10.2 Å². The van der Waals surface area contributed by atoms with Gasteiger partial charge in [-0.1, -0.05) is 36.4 Å². The molecule has 1 aromatic heterocycles. The first-order valence-electron chi connectivity index (χ1n) is 9.86. The number of hydrogen-bond acceptors (Lipinski definition) is 4. The van der Waals surface area contributed by atoms with Gasteiger partial charge in [0.2, 0.25) is 5.91 Å². The van der Waals surface area contributed by atoms with Crippen molar-refractivity contribution in [3.8, 4) is 10.6 Å². The van der Waals surface area contributed by atoms with E-state index < -0.39 is 0 Å². The van der Waals surface area contributed by atoms with E-state index in [-0.39, 0.29) is 11.8 Å². The molecule has 1 aliphatic rings. The highest BCUT2D eigenvalue weighted by Gasteiger charge is 2.25. The van der Waals surface area contributed by atoms with Crippen LogP contribution in [0.4, 0.5) is 11.4 Å². The zero-order valence-corrected chi connectivity index (χ0v) is 17.0. The lowest BCUT2D eigenvalue weighted by molar-refractivity contribution is -0.117. The lowest BCUT2D eigenvalue weighted by Gasteiger charge is -2.19. The minimum Gasteiger partial charge on any atom is -0.322 e. The Morgan fingerprint density at radius 1 is 1.00 bits per heavy atom. The monoisotopic (exact) mass is 413 g/mol. The lowest BCUT2D eigenvalue weighted by Crippen LogP contribution is -2.27. The number of hydrogen-bond donors (Lipinski definition) is 1. The van der Waals surface area contributed by atoms with Gasteiger partial charge in [0.15, 0.2) is 0 Å². The average Bonchev–Trinajstić information content (AvgIpc) is 3.40.